The largest absolute Gasteiger partial charge is 0.331 e. The van der Waals surface area contributed by atoms with Gasteiger partial charge in [0.2, 0.25) is 0 Å². The Morgan fingerprint density at radius 2 is 1.83 bits per heavy atom. The molecule has 0 radical (unpaired) electrons. The van der Waals surface area contributed by atoms with E-state index in [1.165, 1.54) is 0 Å². The van der Waals surface area contributed by atoms with E-state index in [1.807, 2.05) is 19.1 Å². The zero-order chi connectivity index (χ0) is 16.8. The van der Waals surface area contributed by atoms with Crippen molar-refractivity contribution in [1.82, 2.24) is 5.43 Å². The van der Waals surface area contributed by atoms with Crippen molar-refractivity contribution in [3.05, 3.63) is 63.6 Å². The van der Waals surface area contributed by atoms with Crippen molar-refractivity contribution in [3.8, 4) is 6.07 Å². The fraction of sp³-hybridized carbons (Fsp3) is 0.0625. The summed E-state index contributed by atoms with van der Waals surface area (Å²) in [6, 6.07) is 14.3. The molecule has 0 spiro atoms. The molecule has 116 valence electrons. The summed E-state index contributed by atoms with van der Waals surface area (Å²) in [7, 11) is 0. The predicted molar refractivity (Wildman–Crippen MR) is 99.2 cm³/mol. The van der Waals surface area contributed by atoms with Crippen molar-refractivity contribution in [1.29, 1.82) is 5.26 Å². The maximum absolute atomic E-state index is 8.78. The first-order valence-electron chi connectivity index (χ1n) is 6.56. The van der Waals surface area contributed by atoms with Crippen LogP contribution < -0.4 is 10.7 Å². The summed E-state index contributed by atoms with van der Waals surface area (Å²) in [6.45, 7) is 1.84. The smallest absolute Gasteiger partial charge is 0.191 e. The summed E-state index contributed by atoms with van der Waals surface area (Å²) in [5.74, 6) is 0. The van der Waals surface area contributed by atoms with Crippen LogP contribution in [0, 0.1) is 11.3 Å². The lowest BCUT2D eigenvalue weighted by molar-refractivity contribution is 1.04. The molecule has 0 fully saturated rings. The van der Waals surface area contributed by atoms with Gasteiger partial charge in [0.25, 0.3) is 0 Å². The molecule has 2 aromatic carbocycles. The number of thiocarbonyl (C=S) groups is 1. The summed E-state index contributed by atoms with van der Waals surface area (Å²) in [5, 5.41) is 17.2. The molecule has 7 heteroatoms. The molecule has 0 saturated carbocycles. The fourth-order valence-corrected chi connectivity index (χ4v) is 2.18. The minimum absolute atomic E-state index is 0.330. The molecule has 4 nitrogen and oxygen atoms in total. The van der Waals surface area contributed by atoms with Gasteiger partial charge in [0.15, 0.2) is 5.11 Å². The van der Waals surface area contributed by atoms with E-state index in [4.69, 9.17) is 40.7 Å². The Morgan fingerprint density at radius 1 is 1.13 bits per heavy atom. The molecule has 2 aromatic rings. The molecular formula is C16H12Cl2N4S. The van der Waals surface area contributed by atoms with Crippen molar-refractivity contribution in [2.45, 2.75) is 6.92 Å². The van der Waals surface area contributed by atoms with Gasteiger partial charge in [-0.2, -0.15) is 10.4 Å². The lowest BCUT2D eigenvalue weighted by Crippen LogP contribution is -2.24. The Labute approximate surface area is 149 Å². The van der Waals surface area contributed by atoms with E-state index in [2.05, 4.69) is 21.9 Å². The number of halogens is 2. The third kappa shape index (κ3) is 4.93. The van der Waals surface area contributed by atoms with Crippen LogP contribution in [0.15, 0.2) is 47.6 Å². The molecule has 0 aliphatic rings. The third-order valence-electron chi connectivity index (χ3n) is 2.93. The average molecular weight is 363 g/mol. The molecule has 0 bridgehead atoms. The van der Waals surface area contributed by atoms with Crippen molar-refractivity contribution in [2.75, 3.05) is 5.32 Å². The zero-order valence-electron chi connectivity index (χ0n) is 12.1. The van der Waals surface area contributed by atoms with Crippen LogP contribution in [0.1, 0.15) is 18.1 Å². The Bertz CT molecular complexity index is 795. The van der Waals surface area contributed by atoms with E-state index in [0.717, 1.165) is 11.3 Å². The van der Waals surface area contributed by atoms with Gasteiger partial charge in [0.05, 0.1) is 27.4 Å². The first kappa shape index (κ1) is 17.2. The van der Waals surface area contributed by atoms with Gasteiger partial charge in [-0.15, -0.1) is 0 Å². The standard InChI is InChI=1S/C16H12Cl2N4S/c1-10(12-4-2-11(9-19)3-5-12)21-22-16(23)20-13-6-7-14(17)15(18)8-13/h2-8H,1H3,(H2,20,22,23). The number of hydrazone groups is 1. The van der Waals surface area contributed by atoms with Crippen molar-refractivity contribution < 1.29 is 0 Å². The topological polar surface area (TPSA) is 60.2 Å². The number of nitriles is 1. The Balaban J connectivity index is 1.99. The quantitative estimate of drug-likeness (QED) is 0.476. The van der Waals surface area contributed by atoms with Crippen LogP contribution in [-0.2, 0) is 0 Å². The van der Waals surface area contributed by atoms with Gasteiger partial charge >= 0.3 is 0 Å². The highest BCUT2D eigenvalue weighted by molar-refractivity contribution is 7.80. The Hall–Kier alpha value is -2.13. The lowest BCUT2D eigenvalue weighted by atomic mass is 10.1. The number of anilines is 1. The highest BCUT2D eigenvalue weighted by Crippen LogP contribution is 2.24. The van der Waals surface area contributed by atoms with Crippen molar-refractivity contribution in [2.24, 2.45) is 5.10 Å². The Kier molecular flexibility index (Phi) is 5.94. The minimum atomic E-state index is 0.330. The van der Waals surface area contributed by atoms with Gasteiger partial charge in [0.1, 0.15) is 0 Å². The molecule has 0 aromatic heterocycles. The van der Waals surface area contributed by atoms with Crippen LogP contribution in [0.2, 0.25) is 10.0 Å². The van der Waals surface area contributed by atoms with Crippen LogP contribution in [0.4, 0.5) is 5.69 Å². The number of nitrogens with one attached hydrogen (secondary N) is 2. The van der Waals surface area contributed by atoms with E-state index < -0.39 is 0 Å². The van der Waals surface area contributed by atoms with E-state index in [9.17, 15) is 0 Å². The molecule has 0 saturated heterocycles. The number of hydrogen-bond donors (Lipinski definition) is 2. The second-order valence-electron chi connectivity index (χ2n) is 4.58. The second-order valence-corrected chi connectivity index (χ2v) is 5.80. The molecule has 0 aliphatic carbocycles. The normalized spacial score (nSPS) is 10.8. The van der Waals surface area contributed by atoms with Gasteiger partial charge in [-0.1, -0.05) is 35.3 Å². The summed E-state index contributed by atoms with van der Waals surface area (Å²) in [5.41, 5.74) is 5.71. The molecule has 0 heterocycles. The molecule has 0 amide bonds. The second kappa shape index (κ2) is 7.93. The summed E-state index contributed by atoms with van der Waals surface area (Å²) >= 11 is 17.0. The number of rotatable bonds is 3. The van der Waals surface area contributed by atoms with Crippen molar-refractivity contribution in [3.63, 3.8) is 0 Å². The van der Waals surface area contributed by atoms with E-state index in [-0.39, 0.29) is 0 Å². The zero-order valence-corrected chi connectivity index (χ0v) is 14.4. The third-order valence-corrected chi connectivity index (χ3v) is 3.87. The van der Waals surface area contributed by atoms with Gasteiger partial charge in [0, 0.05) is 5.69 Å². The highest BCUT2D eigenvalue weighted by atomic mass is 35.5. The first-order chi connectivity index (χ1) is 11.0. The summed E-state index contributed by atoms with van der Waals surface area (Å²) in [6.07, 6.45) is 0. The first-order valence-corrected chi connectivity index (χ1v) is 7.73. The monoisotopic (exact) mass is 362 g/mol. The van der Waals surface area contributed by atoms with Gasteiger partial charge in [-0.3, -0.25) is 5.43 Å². The Morgan fingerprint density at radius 3 is 2.43 bits per heavy atom. The molecule has 0 unspecified atom stereocenters. The molecular weight excluding hydrogens is 351 g/mol. The summed E-state index contributed by atoms with van der Waals surface area (Å²) in [4.78, 5) is 0. The van der Waals surface area contributed by atoms with Crippen molar-refractivity contribution >= 4 is 51.9 Å². The molecule has 0 aliphatic heterocycles. The lowest BCUT2D eigenvalue weighted by Gasteiger charge is -2.09. The van der Waals surface area contributed by atoms with Gasteiger partial charge in [-0.25, -0.2) is 0 Å². The van der Waals surface area contributed by atoms with Crippen LogP contribution >= 0.6 is 35.4 Å². The van der Waals surface area contributed by atoms with Crippen LogP contribution in [0.3, 0.4) is 0 Å². The highest BCUT2D eigenvalue weighted by Gasteiger charge is 2.02. The SMILES string of the molecule is CC(=NNC(=S)Nc1ccc(Cl)c(Cl)c1)c1ccc(C#N)cc1. The van der Waals surface area contributed by atoms with Crippen LogP contribution in [0.5, 0.6) is 0 Å². The summed E-state index contributed by atoms with van der Waals surface area (Å²) < 4.78 is 0. The van der Waals surface area contributed by atoms with Crippen LogP contribution in [-0.4, -0.2) is 10.8 Å². The predicted octanol–water partition coefficient (Wildman–Crippen LogP) is 4.58. The van der Waals surface area contributed by atoms with Gasteiger partial charge < -0.3 is 5.32 Å². The molecule has 2 rings (SSSR count). The van der Waals surface area contributed by atoms with E-state index in [0.29, 0.717) is 26.4 Å². The number of hydrogen-bond acceptors (Lipinski definition) is 3. The molecule has 0 atom stereocenters. The molecule has 2 N–H and O–H groups in total. The molecule has 23 heavy (non-hydrogen) atoms. The van der Waals surface area contributed by atoms with Gasteiger partial charge in [-0.05, 0) is 55.0 Å². The average Bonchev–Trinajstić information content (AvgIpc) is 2.56. The number of benzene rings is 2. The fourth-order valence-electron chi connectivity index (χ4n) is 1.72. The van der Waals surface area contributed by atoms with Crippen LogP contribution in [0.25, 0.3) is 0 Å². The van der Waals surface area contributed by atoms with E-state index in [1.54, 1.807) is 30.3 Å². The maximum atomic E-state index is 8.78. The van der Waals surface area contributed by atoms with E-state index >= 15 is 0 Å². The minimum Gasteiger partial charge on any atom is -0.331 e. The maximum Gasteiger partial charge on any atom is 0.191 e. The number of nitrogens with zero attached hydrogens (tertiary/aromatic N) is 2.